The summed E-state index contributed by atoms with van der Waals surface area (Å²) in [6.45, 7) is 0.772. The molecule has 4 nitrogen and oxygen atoms in total. The Morgan fingerprint density at radius 1 is 1.33 bits per heavy atom. The van der Waals surface area contributed by atoms with E-state index in [4.69, 9.17) is 0 Å². The summed E-state index contributed by atoms with van der Waals surface area (Å²) < 4.78 is 1.82. The van der Waals surface area contributed by atoms with E-state index in [1.807, 2.05) is 10.9 Å². The Hall–Kier alpha value is -1.97. The second kappa shape index (κ2) is 3.31. The van der Waals surface area contributed by atoms with Crippen molar-refractivity contribution in [3.63, 3.8) is 0 Å². The third-order valence-corrected chi connectivity index (χ3v) is 2.53. The molecule has 15 heavy (non-hydrogen) atoms. The van der Waals surface area contributed by atoms with Gasteiger partial charge in [0.2, 0.25) is 0 Å². The third-order valence-electron chi connectivity index (χ3n) is 2.53. The Morgan fingerprint density at radius 2 is 2.33 bits per heavy atom. The van der Waals surface area contributed by atoms with Gasteiger partial charge in [-0.3, -0.25) is 4.99 Å². The molecule has 0 N–H and O–H groups in total. The molecule has 0 fully saturated rings. The van der Waals surface area contributed by atoms with E-state index in [0.29, 0.717) is 5.92 Å². The number of rotatable bonds is 2. The van der Waals surface area contributed by atoms with E-state index in [1.165, 1.54) is 5.57 Å². The van der Waals surface area contributed by atoms with Crippen LogP contribution in [0.25, 0.3) is 0 Å². The molecule has 3 rings (SSSR count). The first-order valence-corrected chi connectivity index (χ1v) is 4.87. The summed E-state index contributed by atoms with van der Waals surface area (Å²) in [6, 6.07) is 0. The molecule has 74 valence electrons. The highest BCUT2D eigenvalue weighted by atomic mass is 15.3. The summed E-state index contributed by atoms with van der Waals surface area (Å²) in [4.78, 5) is 8.18. The van der Waals surface area contributed by atoms with Gasteiger partial charge in [0.05, 0.1) is 12.3 Å². The van der Waals surface area contributed by atoms with Crippen LogP contribution in [0.5, 0.6) is 0 Å². The maximum atomic E-state index is 4.26. The Kier molecular flexibility index (Phi) is 1.84. The Morgan fingerprint density at radius 3 is 3.20 bits per heavy atom. The maximum absolute atomic E-state index is 4.26. The van der Waals surface area contributed by atoms with Crippen molar-refractivity contribution in [3.05, 3.63) is 48.7 Å². The van der Waals surface area contributed by atoms with E-state index in [2.05, 4.69) is 39.4 Å². The molecule has 0 bridgehead atoms. The van der Waals surface area contributed by atoms with E-state index < -0.39 is 0 Å². The molecule has 1 aliphatic heterocycles. The molecule has 0 unspecified atom stereocenters. The molecule has 0 saturated heterocycles. The lowest BCUT2D eigenvalue weighted by Gasteiger charge is -2.12. The number of allylic oxidation sites excluding steroid dienone is 5. The van der Waals surface area contributed by atoms with Gasteiger partial charge in [0.25, 0.3) is 0 Å². The Balaban J connectivity index is 1.81. The van der Waals surface area contributed by atoms with Gasteiger partial charge in [0.15, 0.2) is 0 Å². The molecule has 1 atom stereocenters. The molecule has 2 heterocycles. The second-order valence-corrected chi connectivity index (χ2v) is 3.59. The molecule has 0 spiro atoms. The minimum atomic E-state index is 0.355. The quantitative estimate of drug-likeness (QED) is 0.720. The van der Waals surface area contributed by atoms with Crippen molar-refractivity contribution in [1.82, 2.24) is 14.8 Å². The number of hydrogen-bond acceptors (Lipinski definition) is 3. The normalized spacial score (nSPS) is 22.5. The van der Waals surface area contributed by atoms with Gasteiger partial charge in [-0.25, -0.2) is 9.67 Å². The second-order valence-electron chi connectivity index (χ2n) is 3.59. The molecule has 0 amide bonds. The van der Waals surface area contributed by atoms with Gasteiger partial charge >= 0.3 is 0 Å². The molecule has 2 aliphatic rings. The van der Waals surface area contributed by atoms with Crippen molar-refractivity contribution in [2.24, 2.45) is 10.9 Å². The van der Waals surface area contributed by atoms with Crippen molar-refractivity contribution in [3.8, 4) is 0 Å². The van der Waals surface area contributed by atoms with Gasteiger partial charge in [-0.15, -0.1) is 0 Å². The molecule has 0 saturated carbocycles. The predicted molar refractivity (Wildman–Crippen MR) is 57.3 cm³/mol. The largest absolute Gasteiger partial charge is 0.261 e. The van der Waals surface area contributed by atoms with Crippen molar-refractivity contribution < 1.29 is 0 Å². The first-order chi connectivity index (χ1) is 7.42. The number of hydrogen-bond donors (Lipinski definition) is 0. The highest BCUT2D eigenvalue weighted by Gasteiger charge is 2.16. The fourth-order valence-corrected chi connectivity index (χ4v) is 1.79. The highest BCUT2D eigenvalue weighted by Crippen LogP contribution is 2.21. The van der Waals surface area contributed by atoms with Crippen LogP contribution in [0.2, 0.25) is 0 Å². The van der Waals surface area contributed by atoms with Crippen LogP contribution in [0, 0.1) is 5.92 Å². The average molecular weight is 198 g/mol. The average Bonchev–Trinajstić information content (AvgIpc) is 2.87. The van der Waals surface area contributed by atoms with Crippen LogP contribution in [0.4, 0.5) is 0 Å². The zero-order valence-electron chi connectivity index (χ0n) is 8.11. The summed E-state index contributed by atoms with van der Waals surface area (Å²) in [6.07, 6.45) is 13.6. The zero-order valence-corrected chi connectivity index (χ0v) is 8.11. The number of aromatic nitrogens is 3. The van der Waals surface area contributed by atoms with Crippen LogP contribution >= 0.6 is 0 Å². The molecule has 1 aromatic rings. The van der Waals surface area contributed by atoms with Crippen LogP contribution in [0.3, 0.4) is 0 Å². The summed E-state index contributed by atoms with van der Waals surface area (Å²) in [5.41, 5.74) is 2.37. The smallest absolute Gasteiger partial charge is 0.137 e. The molecule has 0 aromatic carbocycles. The lowest BCUT2D eigenvalue weighted by Crippen LogP contribution is -2.11. The first-order valence-electron chi connectivity index (χ1n) is 4.87. The van der Waals surface area contributed by atoms with Crippen molar-refractivity contribution in [2.75, 3.05) is 0 Å². The van der Waals surface area contributed by atoms with Crippen molar-refractivity contribution in [1.29, 1.82) is 0 Å². The molecule has 1 aliphatic carbocycles. The summed E-state index contributed by atoms with van der Waals surface area (Å²) in [5.74, 6) is 0.355. The lowest BCUT2D eigenvalue weighted by atomic mass is 9.95. The molecule has 1 aromatic heterocycles. The third kappa shape index (κ3) is 1.54. The minimum absolute atomic E-state index is 0.355. The molecular formula is C11H10N4. The Bertz CT molecular complexity index is 477. The fraction of sp³-hybridized carbons (Fsp3) is 0.182. The maximum Gasteiger partial charge on any atom is 0.137 e. The van der Waals surface area contributed by atoms with Crippen LogP contribution in [-0.4, -0.2) is 20.5 Å². The van der Waals surface area contributed by atoms with E-state index in [0.717, 1.165) is 12.3 Å². The fourth-order valence-electron chi connectivity index (χ4n) is 1.79. The van der Waals surface area contributed by atoms with Gasteiger partial charge in [0.1, 0.15) is 12.7 Å². The highest BCUT2D eigenvalue weighted by molar-refractivity contribution is 6.02. The summed E-state index contributed by atoms with van der Waals surface area (Å²) in [7, 11) is 0. The summed E-state index contributed by atoms with van der Waals surface area (Å²) in [5, 5.41) is 4.08. The first kappa shape index (κ1) is 8.35. The predicted octanol–water partition coefficient (Wildman–Crippen LogP) is 1.36. The van der Waals surface area contributed by atoms with E-state index in [9.17, 15) is 0 Å². The van der Waals surface area contributed by atoms with Crippen molar-refractivity contribution >= 4 is 5.71 Å². The van der Waals surface area contributed by atoms with E-state index in [1.54, 1.807) is 12.7 Å². The van der Waals surface area contributed by atoms with Gasteiger partial charge in [-0.1, -0.05) is 18.2 Å². The standard InChI is InChI=1S/C11H10N4/c1-2-11-10(3-4-13-11)5-9(1)6-15-8-12-7-14-15/h1-5,7-8,10H,6H2/t10-/m0/s1. The topological polar surface area (TPSA) is 43.1 Å². The van der Waals surface area contributed by atoms with Crippen LogP contribution in [-0.2, 0) is 6.54 Å². The molecule has 4 heteroatoms. The Labute approximate surface area is 87.4 Å². The summed E-state index contributed by atoms with van der Waals surface area (Å²) >= 11 is 0. The van der Waals surface area contributed by atoms with Crippen molar-refractivity contribution in [2.45, 2.75) is 6.54 Å². The number of fused-ring (bicyclic) bond motifs is 1. The van der Waals surface area contributed by atoms with Gasteiger partial charge in [-0.05, 0) is 11.6 Å². The number of nitrogens with zero attached hydrogens (tertiary/aromatic N) is 4. The monoisotopic (exact) mass is 198 g/mol. The van der Waals surface area contributed by atoms with Crippen LogP contribution in [0.15, 0.2) is 53.7 Å². The molecule has 0 radical (unpaired) electrons. The van der Waals surface area contributed by atoms with Gasteiger partial charge in [-0.2, -0.15) is 5.10 Å². The van der Waals surface area contributed by atoms with Crippen LogP contribution in [0.1, 0.15) is 0 Å². The number of aliphatic imine (C=N–C) groups is 1. The van der Waals surface area contributed by atoms with Crippen LogP contribution < -0.4 is 0 Å². The van der Waals surface area contributed by atoms with Gasteiger partial charge < -0.3 is 0 Å². The SMILES string of the molecule is C1=C[C@H]2C=C(Cn3cncn3)C=CC2=N1. The van der Waals surface area contributed by atoms with E-state index >= 15 is 0 Å². The lowest BCUT2D eigenvalue weighted by molar-refractivity contribution is 0.680. The zero-order chi connectivity index (χ0) is 10.1. The van der Waals surface area contributed by atoms with Gasteiger partial charge in [0, 0.05) is 12.1 Å². The minimum Gasteiger partial charge on any atom is -0.261 e. The van der Waals surface area contributed by atoms with E-state index in [-0.39, 0.29) is 0 Å². The molecular weight excluding hydrogens is 188 g/mol.